The topological polar surface area (TPSA) is 32.3 Å². The first kappa shape index (κ1) is 12.2. The molecule has 1 rings (SSSR count). The van der Waals surface area contributed by atoms with Crippen molar-refractivity contribution < 1.29 is 4.79 Å². The minimum Gasteiger partial charge on any atom is -0.346 e. The van der Waals surface area contributed by atoms with Crippen LogP contribution in [0.2, 0.25) is 0 Å². The minimum absolute atomic E-state index is 0.280. The van der Waals surface area contributed by atoms with E-state index >= 15 is 0 Å². The molecule has 1 amide bonds. The lowest BCUT2D eigenvalue weighted by molar-refractivity contribution is -0.130. The normalized spacial score (nSPS) is 19.5. The van der Waals surface area contributed by atoms with Gasteiger partial charge in [-0.25, -0.2) is 0 Å². The maximum absolute atomic E-state index is 11.8. The van der Waals surface area contributed by atoms with Crippen molar-refractivity contribution in [3.8, 4) is 0 Å². The van der Waals surface area contributed by atoms with Crippen molar-refractivity contribution in [1.29, 1.82) is 0 Å². The third-order valence-corrected chi connectivity index (χ3v) is 2.90. The van der Waals surface area contributed by atoms with Crippen molar-refractivity contribution in [2.45, 2.75) is 25.7 Å². The van der Waals surface area contributed by atoms with Crippen LogP contribution in [0.25, 0.3) is 0 Å². The molecule has 1 aliphatic rings. The number of carbonyl (C=O) groups is 1. The summed E-state index contributed by atoms with van der Waals surface area (Å²) in [7, 11) is 3.84. The molecule has 1 atom stereocenters. The third-order valence-electron chi connectivity index (χ3n) is 2.90. The average molecular weight is 210 g/mol. The molecular weight excluding hydrogens is 188 g/mol. The molecule has 0 heterocycles. The molecule has 0 saturated heterocycles. The Balaban J connectivity index is 2.17. The Morgan fingerprint density at radius 1 is 1.60 bits per heavy atom. The van der Waals surface area contributed by atoms with Crippen LogP contribution >= 0.6 is 0 Å². The van der Waals surface area contributed by atoms with Gasteiger partial charge in [-0.1, -0.05) is 12.2 Å². The van der Waals surface area contributed by atoms with Crippen LogP contribution in [0.1, 0.15) is 25.7 Å². The Hall–Kier alpha value is -0.830. The van der Waals surface area contributed by atoms with Gasteiger partial charge in [-0.05, 0) is 38.8 Å². The molecule has 15 heavy (non-hydrogen) atoms. The lowest BCUT2D eigenvalue weighted by Gasteiger charge is -2.18. The molecule has 0 aromatic carbocycles. The standard InChI is InChI=1S/C12H22N2O/c1-13-8-5-9-14(2)12(15)10-11-6-3-4-7-11/h3,6,11,13H,4-5,7-10H2,1-2H3. The largest absolute Gasteiger partial charge is 0.346 e. The van der Waals surface area contributed by atoms with E-state index in [1.807, 2.05) is 19.0 Å². The lowest BCUT2D eigenvalue weighted by atomic mass is 10.0. The molecule has 1 unspecified atom stereocenters. The summed E-state index contributed by atoms with van der Waals surface area (Å²) in [6.45, 7) is 1.83. The number of nitrogens with zero attached hydrogens (tertiary/aromatic N) is 1. The Bertz CT molecular complexity index is 226. The molecule has 86 valence electrons. The van der Waals surface area contributed by atoms with Crippen molar-refractivity contribution in [3.63, 3.8) is 0 Å². The fourth-order valence-corrected chi connectivity index (χ4v) is 1.86. The summed E-state index contributed by atoms with van der Waals surface area (Å²) < 4.78 is 0. The van der Waals surface area contributed by atoms with Crippen LogP contribution in [0.15, 0.2) is 12.2 Å². The molecule has 3 nitrogen and oxygen atoms in total. The van der Waals surface area contributed by atoms with Crippen LogP contribution in [-0.4, -0.2) is 38.0 Å². The highest BCUT2D eigenvalue weighted by atomic mass is 16.2. The van der Waals surface area contributed by atoms with Crippen molar-refractivity contribution in [2.24, 2.45) is 5.92 Å². The van der Waals surface area contributed by atoms with Crippen LogP contribution in [0, 0.1) is 5.92 Å². The summed E-state index contributed by atoms with van der Waals surface area (Å²) in [6.07, 6.45) is 8.36. The van der Waals surface area contributed by atoms with E-state index < -0.39 is 0 Å². The number of rotatable bonds is 6. The average Bonchev–Trinajstić information content (AvgIpc) is 2.70. The molecule has 0 saturated carbocycles. The van der Waals surface area contributed by atoms with Crippen LogP contribution in [0.3, 0.4) is 0 Å². The molecule has 0 fully saturated rings. The quantitative estimate of drug-likeness (QED) is 0.531. The maximum Gasteiger partial charge on any atom is 0.222 e. The van der Waals surface area contributed by atoms with Crippen LogP contribution < -0.4 is 5.32 Å². The second kappa shape index (κ2) is 6.62. The second-order valence-electron chi connectivity index (χ2n) is 4.24. The predicted molar refractivity (Wildman–Crippen MR) is 62.7 cm³/mol. The summed E-state index contributed by atoms with van der Waals surface area (Å²) in [6, 6.07) is 0. The van der Waals surface area contributed by atoms with E-state index in [0.717, 1.165) is 32.4 Å². The van der Waals surface area contributed by atoms with Gasteiger partial charge in [0.25, 0.3) is 0 Å². The molecule has 0 spiro atoms. The van der Waals surface area contributed by atoms with E-state index in [4.69, 9.17) is 0 Å². The van der Waals surface area contributed by atoms with E-state index in [-0.39, 0.29) is 5.91 Å². The van der Waals surface area contributed by atoms with E-state index in [1.165, 1.54) is 0 Å². The van der Waals surface area contributed by atoms with Gasteiger partial charge >= 0.3 is 0 Å². The van der Waals surface area contributed by atoms with Crippen molar-refractivity contribution >= 4 is 5.91 Å². The SMILES string of the molecule is CNCCCN(C)C(=O)CC1C=CCC1. The highest BCUT2D eigenvalue weighted by molar-refractivity contribution is 5.76. The molecular formula is C12H22N2O. The van der Waals surface area contributed by atoms with Crippen molar-refractivity contribution in [1.82, 2.24) is 10.2 Å². The minimum atomic E-state index is 0.280. The van der Waals surface area contributed by atoms with Crippen molar-refractivity contribution in [3.05, 3.63) is 12.2 Å². The number of carbonyl (C=O) groups excluding carboxylic acids is 1. The maximum atomic E-state index is 11.8. The van der Waals surface area contributed by atoms with Gasteiger partial charge in [0.2, 0.25) is 5.91 Å². The molecule has 3 heteroatoms. The third kappa shape index (κ3) is 4.47. The van der Waals surface area contributed by atoms with E-state index in [1.54, 1.807) is 0 Å². The van der Waals surface area contributed by atoms with Crippen molar-refractivity contribution in [2.75, 3.05) is 27.2 Å². The summed E-state index contributed by atoms with van der Waals surface area (Å²) in [5.74, 6) is 0.770. The lowest BCUT2D eigenvalue weighted by Crippen LogP contribution is -2.30. The van der Waals surface area contributed by atoms with Gasteiger partial charge in [-0.2, -0.15) is 0 Å². The zero-order valence-electron chi connectivity index (χ0n) is 9.83. The molecule has 0 aliphatic heterocycles. The number of nitrogens with one attached hydrogen (secondary N) is 1. The Morgan fingerprint density at radius 2 is 2.40 bits per heavy atom. The molecule has 0 aromatic heterocycles. The Kier molecular flexibility index (Phi) is 5.40. The molecule has 0 radical (unpaired) electrons. The fraction of sp³-hybridized carbons (Fsp3) is 0.750. The fourth-order valence-electron chi connectivity index (χ4n) is 1.86. The van der Waals surface area contributed by atoms with Crippen LogP contribution in [0.5, 0.6) is 0 Å². The van der Waals surface area contributed by atoms with Gasteiger partial charge in [0, 0.05) is 20.0 Å². The molecule has 0 aromatic rings. The molecule has 0 bridgehead atoms. The number of hydrogen-bond donors (Lipinski definition) is 1. The summed E-state index contributed by atoms with van der Waals surface area (Å²) in [5.41, 5.74) is 0. The molecule has 1 N–H and O–H groups in total. The van der Waals surface area contributed by atoms with Gasteiger partial charge in [0.1, 0.15) is 0 Å². The Labute approximate surface area is 92.5 Å². The number of allylic oxidation sites excluding steroid dienone is 2. The highest BCUT2D eigenvalue weighted by Crippen LogP contribution is 2.20. The van der Waals surface area contributed by atoms with Crippen LogP contribution in [-0.2, 0) is 4.79 Å². The molecule has 1 aliphatic carbocycles. The summed E-state index contributed by atoms with van der Waals surface area (Å²) in [5, 5.41) is 3.09. The number of amides is 1. The first-order valence-corrected chi connectivity index (χ1v) is 5.79. The first-order chi connectivity index (χ1) is 7.24. The van der Waals surface area contributed by atoms with Crippen LogP contribution in [0.4, 0.5) is 0 Å². The predicted octanol–water partition coefficient (Wildman–Crippen LogP) is 1.41. The van der Waals surface area contributed by atoms with Gasteiger partial charge in [0.15, 0.2) is 0 Å². The highest BCUT2D eigenvalue weighted by Gasteiger charge is 2.16. The van der Waals surface area contributed by atoms with Gasteiger partial charge in [-0.3, -0.25) is 4.79 Å². The van der Waals surface area contributed by atoms with E-state index in [9.17, 15) is 4.79 Å². The zero-order valence-corrected chi connectivity index (χ0v) is 9.83. The number of hydrogen-bond acceptors (Lipinski definition) is 2. The summed E-state index contributed by atoms with van der Waals surface area (Å²) in [4.78, 5) is 13.6. The second-order valence-corrected chi connectivity index (χ2v) is 4.24. The Morgan fingerprint density at radius 3 is 3.00 bits per heavy atom. The van der Waals surface area contributed by atoms with E-state index in [2.05, 4.69) is 17.5 Å². The van der Waals surface area contributed by atoms with Gasteiger partial charge in [-0.15, -0.1) is 0 Å². The van der Waals surface area contributed by atoms with E-state index in [0.29, 0.717) is 12.3 Å². The smallest absolute Gasteiger partial charge is 0.222 e. The zero-order chi connectivity index (χ0) is 11.1. The summed E-state index contributed by atoms with van der Waals surface area (Å²) >= 11 is 0. The van der Waals surface area contributed by atoms with Gasteiger partial charge < -0.3 is 10.2 Å². The monoisotopic (exact) mass is 210 g/mol. The first-order valence-electron chi connectivity index (χ1n) is 5.79. The van der Waals surface area contributed by atoms with Gasteiger partial charge in [0.05, 0.1) is 0 Å².